The number of carbonyl (C=O) groups is 1. The molecule has 5 nitrogen and oxygen atoms in total. The zero-order valence-electron chi connectivity index (χ0n) is 12.2. The van der Waals surface area contributed by atoms with Crippen molar-refractivity contribution in [2.45, 2.75) is 38.6 Å². The van der Waals surface area contributed by atoms with Gasteiger partial charge in [0, 0.05) is 19.1 Å². The average Bonchev–Trinajstić information content (AvgIpc) is 2.99. The van der Waals surface area contributed by atoms with Gasteiger partial charge in [-0.05, 0) is 30.7 Å². The largest absolute Gasteiger partial charge is 0.338 e. The topological polar surface area (TPSA) is 66.5 Å². The predicted molar refractivity (Wildman–Crippen MR) is 85.1 cm³/mol. The summed E-state index contributed by atoms with van der Waals surface area (Å²) in [5.41, 5.74) is 0. The molecule has 0 aliphatic carbocycles. The third-order valence-electron chi connectivity index (χ3n) is 3.63. The number of thiophene rings is 1. The van der Waals surface area contributed by atoms with Gasteiger partial charge < -0.3 is 4.90 Å². The van der Waals surface area contributed by atoms with Gasteiger partial charge in [0.2, 0.25) is 10.0 Å². The average molecular weight is 330 g/mol. The van der Waals surface area contributed by atoms with E-state index >= 15 is 0 Å². The Labute approximate surface area is 130 Å². The maximum absolute atomic E-state index is 12.2. The summed E-state index contributed by atoms with van der Waals surface area (Å²) in [6.45, 7) is 3.19. The molecule has 1 N–H and O–H groups in total. The summed E-state index contributed by atoms with van der Waals surface area (Å²) >= 11 is 1.44. The number of piperidine rings is 1. The van der Waals surface area contributed by atoms with Crippen LogP contribution in [0.1, 0.15) is 42.3 Å². The first kappa shape index (κ1) is 16.5. The van der Waals surface area contributed by atoms with Crippen molar-refractivity contribution in [3.63, 3.8) is 0 Å². The number of likely N-dealkylation sites (tertiary alicyclic amines) is 1. The van der Waals surface area contributed by atoms with Crippen molar-refractivity contribution in [1.29, 1.82) is 0 Å². The van der Waals surface area contributed by atoms with E-state index in [9.17, 15) is 13.2 Å². The summed E-state index contributed by atoms with van der Waals surface area (Å²) in [7, 11) is -3.18. The van der Waals surface area contributed by atoms with E-state index in [1.807, 2.05) is 29.3 Å². The summed E-state index contributed by atoms with van der Waals surface area (Å²) in [6, 6.07) is 3.65. The Bertz CT molecular complexity index is 547. The monoisotopic (exact) mass is 330 g/mol. The molecule has 21 heavy (non-hydrogen) atoms. The molecule has 2 heterocycles. The highest BCUT2D eigenvalue weighted by Crippen LogP contribution is 2.17. The molecule has 0 unspecified atom stereocenters. The SMILES string of the molecule is CCCCS(=O)(=O)NC1CCN(C(=O)c2cccs2)CC1. The lowest BCUT2D eigenvalue weighted by Crippen LogP contribution is -2.46. The van der Waals surface area contributed by atoms with Crippen LogP contribution in [0.2, 0.25) is 0 Å². The Kier molecular flexibility index (Phi) is 5.78. The number of hydrogen-bond donors (Lipinski definition) is 1. The summed E-state index contributed by atoms with van der Waals surface area (Å²) in [5, 5.41) is 1.89. The molecule has 1 aliphatic heterocycles. The zero-order chi connectivity index (χ0) is 15.3. The molecule has 0 aromatic carbocycles. The smallest absolute Gasteiger partial charge is 0.263 e. The maximum atomic E-state index is 12.2. The van der Waals surface area contributed by atoms with Crippen molar-refractivity contribution in [2.24, 2.45) is 0 Å². The first-order valence-electron chi connectivity index (χ1n) is 7.34. The quantitative estimate of drug-likeness (QED) is 0.868. The molecule has 7 heteroatoms. The summed E-state index contributed by atoms with van der Waals surface area (Å²) in [6.07, 6.45) is 2.92. The lowest BCUT2D eigenvalue weighted by molar-refractivity contribution is 0.0716. The van der Waals surface area contributed by atoms with E-state index in [1.165, 1.54) is 11.3 Å². The first-order chi connectivity index (χ1) is 10.0. The second-order valence-electron chi connectivity index (χ2n) is 5.33. The fourth-order valence-corrected chi connectivity index (χ4v) is 4.62. The molecule has 1 aromatic rings. The molecule has 0 atom stereocenters. The van der Waals surface area contributed by atoms with Gasteiger partial charge >= 0.3 is 0 Å². The second-order valence-corrected chi connectivity index (χ2v) is 8.16. The van der Waals surface area contributed by atoms with Gasteiger partial charge in [-0.25, -0.2) is 13.1 Å². The van der Waals surface area contributed by atoms with Crippen LogP contribution in [0.3, 0.4) is 0 Å². The third-order valence-corrected chi connectivity index (χ3v) is 6.00. The molecular formula is C14H22N2O3S2. The van der Waals surface area contributed by atoms with Crippen molar-refractivity contribution in [3.05, 3.63) is 22.4 Å². The number of sulfonamides is 1. The highest BCUT2D eigenvalue weighted by atomic mass is 32.2. The van der Waals surface area contributed by atoms with Gasteiger partial charge in [0.25, 0.3) is 5.91 Å². The Morgan fingerprint density at radius 1 is 1.43 bits per heavy atom. The molecule has 1 aromatic heterocycles. The van der Waals surface area contributed by atoms with Gasteiger partial charge in [-0.15, -0.1) is 11.3 Å². The summed E-state index contributed by atoms with van der Waals surface area (Å²) < 4.78 is 26.5. The minimum absolute atomic E-state index is 0.0424. The van der Waals surface area contributed by atoms with E-state index in [1.54, 1.807) is 0 Å². The molecule has 1 saturated heterocycles. The lowest BCUT2D eigenvalue weighted by Gasteiger charge is -2.32. The predicted octanol–water partition coefficient (Wildman–Crippen LogP) is 2.07. The zero-order valence-corrected chi connectivity index (χ0v) is 13.9. The van der Waals surface area contributed by atoms with Crippen LogP contribution in [-0.2, 0) is 10.0 Å². The summed E-state index contributed by atoms with van der Waals surface area (Å²) in [4.78, 5) is 14.7. The molecule has 0 bridgehead atoms. The Morgan fingerprint density at radius 2 is 2.14 bits per heavy atom. The highest BCUT2D eigenvalue weighted by molar-refractivity contribution is 7.89. The van der Waals surface area contributed by atoms with Gasteiger partial charge in [-0.2, -0.15) is 0 Å². The van der Waals surface area contributed by atoms with Gasteiger partial charge in [0.1, 0.15) is 0 Å². The van der Waals surface area contributed by atoms with E-state index in [4.69, 9.17) is 0 Å². The minimum Gasteiger partial charge on any atom is -0.338 e. The van der Waals surface area contributed by atoms with Crippen LogP contribution in [0.15, 0.2) is 17.5 Å². The molecule has 0 radical (unpaired) electrons. The van der Waals surface area contributed by atoms with Crippen molar-refractivity contribution in [2.75, 3.05) is 18.8 Å². The van der Waals surface area contributed by atoms with Crippen LogP contribution in [0.25, 0.3) is 0 Å². The van der Waals surface area contributed by atoms with E-state index < -0.39 is 10.0 Å². The number of nitrogens with zero attached hydrogens (tertiary/aromatic N) is 1. The fourth-order valence-electron chi connectivity index (χ4n) is 2.40. The van der Waals surface area contributed by atoms with Crippen LogP contribution in [-0.4, -0.2) is 44.1 Å². The van der Waals surface area contributed by atoms with Crippen molar-refractivity contribution < 1.29 is 13.2 Å². The van der Waals surface area contributed by atoms with Crippen LogP contribution < -0.4 is 4.72 Å². The minimum atomic E-state index is -3.18. The van der Waals surface area contributed by atoms with Crippen LogP contribution in [0, 0.1) is 0 Å². The van der Waals surface area contributed by atoms with E-state index in [0.29, 0.717) is 32.4 Å². The number of unbranched alkanes of at least 4 members (excludes halogenated alkanes) is 1. The van der Waals surface area contributed by atoms with Gasteiger partial charge in [0.05, 0.1) is 10.6 Å². The number of carbonyl (C=O) groups excluding carboxylic acids is 1. The summed E-state index contributed by atoms with van der Waals surface area (Å²) in [5.74, 6) is 0.245. The van der Waals surface area contributed by atoms with Gasteiger partial charge in [0.15, 0.2) is 0 Å². The molecule has 1 amide bonds. The molecule has 2 rings (SSSR count). The first-order valence-corrected chi connectivity index (χ1v) is 9.88. The number of rotatable bonds is 6. The Balaban J connectivity index is 1.82. The Morgan fingerprint density at radius 3 is 2.71 bits per heavy atom. The van der Waals surface area contributed by atoms with E-state index in [2.05, 4.69) is 4.72 Å². The van der Waals surface area contributed by atoms with Crippen molar-refractivity contribution >= 4 is 27.3 Å². The van der Waals surface area contributed by atoms with E-state index in [-0.39, 0.29) is 17.7 Å². The third kappa shape index (κ3) is 4.79. The standard InChI is InChI=1S/C14H22N2O3S2/c1-2-3-11-21(18,19)15-12-6-8-16(9-7-12)14(17)13-5-4-10-20-13/h4-5,10,12,15H,2-3,6-9,11H2,1H3. The maximum Gasteiger partial charge on any atom is 0.263 e. The normalized spacial score (nSPS) is 17.1. The molecule has 0 spiro atoms. The van der Waals surface area contributed by atoms with Crippen molar-refractivity contribution in [1.82, 2.24) is 9.62 Å². The van der Waals surface area contributed by atoms with Crippen LogP contribution in [0.5, 0.6) is 0 Å². The fraction of sp³-hybridized carbons (Fsp3) is 0.643. The molecule has 1 fully saturated rings. The molecule has 0 saturated carbocycles. The van der Waals surface area contributed by atoms with Crippen LogP contribution >= 0.6 is 11.3 Å². The Hall–Kier alpha value is -0.920. The van der Waals surface area contributed by atoms with Gasteiger partial charge in [-0.1, -0.05) is 19.4 Å². The van der Waals surface area contributed by atoms with E-state index in [0.717, 1.165) is 11.3 Å². The molecular weight excluding hydrogens is 308 g/mol. The molecule has 118 valence electrons. The number of amides is 1. The number of nitrogens with one attached hydrogen (secondary N) is 1. The molecule has 1 aliphatic rings. The second kappa shape index (κ2) is 7.38. The van der Waals surface area contributed by atoms with Crippen LogP contribution in [0.4, 0.5) is 0 Å². The van der Waals surface area contributed by atoms with Crippen molar-refractivity contribution in [3.8, 4) is 0 Å². The van der Waals surface area contributed by atoms with Gasteiger partial charge in [-0.3, -0.25) is 4.79 Å². The highest BCUT2D eigenvalue weighted by Gasteiger charge is 2.26. The number of hydrogen-bond acceptors (Lipinski definition) is 4. The lowest BCUT2D eigenvalue weighted by atomic mass is 10.1.